The van der Waals surface area contributed by atoms with Crippen LogP contribution < -0.4 is 10.9 Å². The Hall–Kier alpha value is -1.20. The number of aromatic nitrogens is 2. The highest BCUT2D eigenvalue weighted by Crippen LogP contribution is 2.19. The second kappa shape index (κ2) is 5.23. The van der Waals surface area contributed by atoms with Gasteiger partial charge in [-0.05, 0) is 27.8 Å². The van der Waals surface area contributed by atoms with Crippen LogP contribution in [-0.4, -0.2) is 23.6 Å². The molecule has 90 valence electrons. The summed E-state index contributed by atoms with van der Waals surface area (Å²) in [5.41, 5.74) is -0.00505. The molecule has 5 nitrogen and oxygen atoms in total. The maximum Gasteiger partial charge on any atom is 0.251 e. The Kier molecular flexibility index (Phi) is 4.20. The minimum absolute atomic E-state index is 0.150. The Labute approximate surface area is 95.3 Å². The number of aromatic amines is 1. The third kappa shape index (κ3) is 3.15. The second-order valence-corrected chi connectivity index (χ2v) is 4.06. The fourth-order valence-corrected chi connectivity index (χ4v) is 1.49. The van der Waals surface area contributed by atoms with Crippen molar-refractivity contribution in [1.29, 1.82) is 0 Å². The molecule has 0 atom stereocenters. The van der Waals surface area contributed by atoms with Crippen LogP contribution >= 0.6 is 0 Å². The van der Waals surface area contributed by atoms with Crippen LogP contribution in [0.5, 0.6) is 0 Å². The van der Waals surface area contributed by atoms with Crippen molar-refractivity contribution >= 4 is 0 Å². The molecule has 1 aromatic rings. The van der Waals surface area contributed by atoms with Gasteiger partial charge >= 0.3 is 0 Å². The van der Waals surface area contributed by atoms with E-state index in [4.69, 9.17) is 4.74 Å². The number of ether oxygens (including phenoxy) is 1. The fourth-order valence-electron chi connectivity index (χ4n) is 1.49. The van der Waals surface area contributed by atoms with Crippen LogP contribution in [0.3, 0.4) is 0 Å². The van der Waals surface area contributed by atoms with Crippen molar-refractivity contribution in [1.82, 2.24) is 15.3 Å². The van der Waals surface area contributed by atoms with E-state index in [9.17, 15) is 4.79 Å². The number of nitrogens with one attached hydrogen (secondary N) is 2. The minimum Gasteiger partial charge on any atom is -0.368 e. The van der Waals surface area contributed by atoms with Gasteiger partial charge in [-0.25, -0.2) is 4.98 Å². The molecule has 0 unspecified atom stereocenters. The van der Waals surface area contributed by atoms with E-state index in [1.807, 2.05) is 27.8 Å². The summed E-state index contributed by atoms with van der Waals surface area (Å²) in [4.78, 5) is 18.5. The molecule has 0 fully saturated rings. The molecule has 16 heavy (non-hydrogen) atoms. The third-order valence-corrected chi connectivity index (χ3v) is 2.23. The summed E-state index contributed by atoms with van der Waals surface area (Å²) in [5.74, 6) is 0.562. The van der Waals surface area contributed by atoms with Gasteiger partial charge in [0.05, 0.1) is 5.69 Å². The van der Waals surface area contributed by atoms with Gasteiger partial charge in [-0.3, -0.25) is 4.79 Å². The van der Waals surface area contributed by atoms with Crippen LogP contribution in [0, 0.1) is 0 Å². The molecule has 0 aromatic carbocycles. The minimum atomic E-state index is -0.572. The normalized spacial score (nSPS) is 11.8. The van der Waals surface area contributed by atoms with Gasteiger partial charge in [0.25, 0.3) is 5.56 Å². The average molecular weight is 225 g/mol. The Morgan fingerprint density at radius 1 is 1.56 bits per heavy atom. The summed E-state index contributed by atoms with van der Waals surface area (Å²) >= 11 is 0. The summed E-state index contributed by atoms with van der Waals surface area (Å²) < 4.78 is 5.55. The highest BCUT2D eigenvalue weighted by Gasteiger charge is 2.23. The van der Waals surface area contributed by atoms with Crippen molar-refractivity contribution in [2.45, 2.75) is 32.9 Å². The summed E-state index contributed by atoms with van der Waals surface area (Å²) in [6, 6.07) is 1.49. The molecular formula is C11H19N3O2. The molecule has 0 amide bonds. The molecule has 0 bridgehead atoms. The van der Waals surface area contributed by atoms with Gasteiger partial charge in [-0.15, -0.1) is 0 Å². The smallest absolute Gasteiger partial charge is 0.251 e. The Morgan fingerprint density at radius 3 is 2.81 bits per heavy atom. The average Bonchev–Trinajstić information content (AvgIpc) is 2.17. The lowest BCUT2D eigenvalue weighted by Crippen LogP contribution is -2.29. The lowest BCUT2D eigenvalue weighted by atomic mass is 10.1. The highest BCUT2D eigenvalue weighted by atomic mass is 16.5. The zero-order valence-electron chi connectivity index (χ0n) is 10.3. The number of hydrogen-bond donors (Lipinski definition) is 2. The molecule has 0 aliphatic carbocycles. The van der Waals surface area contributed by atoms with Gasteiger partial charge in [0.2, 0.25) is 0 Å². The Morgan fingerprint density at radius 2 is 2.25 bits per heavy atom. The molecule has 0 radical (unpaired) electrons. The van der Waals surface area contributed by atoms with E-state index in [1.165, 1.54) is 6.07 Å². The zero-order chi connectivity index (χ0) is 12.2. The largest absolute Gasteiger partial charge is 0.368 e. The van der Waals surface area contributed by atoms with Crippen LogP contribution in [-0.2, 0) is 16.9 Å². The zero-order valence-corrected chi connectivity index (χ0v) is 10.3. The lowest BCUT2D eigenvalue weighted by molar-refractivity contribution is -0.0211. The van der Waals surface area contributed by atoms with Gasteiger partial charge in [-0.1, -0.05) is 0 Å². The molecule has 0 aliphatic heterocycles. The van der Waals surface area contributed by atoms with Crippen molar-refractivity contribution in [2.24, 2.45) is 0 Å². The first kappa shape index (κ1) is 12.9. The monoisotopic (exact) mass is 225 g/mol. The first-order valence-corrected chi connectivity index (χ1v) is 5.39. The van der Waals surface area contributed by atoms with Crippen LogP contribution in [0.15, 0.2) is 10.9 Å². The molecule has 1 rings (SSSR count). The van der Waals surface area contributed by atoms with E-state index in [1.54, 1.807) is 0 Å². The Balaban J connectivity index is 3.08. The SMILES string of the molecule is CCOC(C)(C)c1nc(CNC)cc(=O)[nH]1. The van der Waals surface area contributed by atoms with E-state index < -0.39 is 5.60 Å². The fraction of sp³-hybridized carbons (Fsp3) is 0.636. The molecule has 5 heteroatoms. The predicted octanol–water partition coefficient (Wildman–Crippen LogP) is 0.761. The molecule has 0 saturated heterocycles. The maximum atomic E-state index is 11.5. The van der Waals surface area contributed by atoms with E-state index in [-0.39, 0.29) is 5.56 Å². The molecule has 0 saturated carbocycles. The lowest BCUT2D eigenvalue weighted by Gasteiger charge is -2.23. The molecule has 1 aromatic heterocycles. The number of nitrogens with zero attached hydrogens (tertiary/aromatic N) is 1. The van der Waals surface area contributed by atoms with Gasteiger partial charge < -0.3 is 15.0 Å². The second-order valence-electron chi connectivity index (χ2n) is 4.06. The summed E-state index contributed by atoms with van der Waals surface area (Å²) in [7, 11) is 1.82. The Bertz CT molecular complexity index is 398. The topological polar surface area (TPSA) is 67.0 Å². The molecule has 0 spiro atoms. The molecule has 1 heterocycles. The van der Waals surface area contributed by atoms with E-state index in [0.29, 0.717) is 24.7 Å². The van der Waals surface area contributed by atoms with Gasteiger partial charge in [0.1, 0.15) is 11.4 Å². The number of hydrogen-bond acceptors (Lipinski definition) is 4. The molecular weight excluding hydrogens is 206 g/mol. The van der Waals surface area contributed by atoms with E-state index in [2.05, 4.69) is 15.3 Å². The first-order valence-electron chi connectivity index (χ1n) is 5.39. The van der Waals surface area contributed by atoms with Gasteiger partial charge in [-0.2, -0.15) is 0 Å². The molecule has 2 N–H and O–H groups in total. The summed E-state index contributed by atoms with van der Waals surface area (Å²) in [6.45, 7) is 6.83. The van der Waals surface area contributed by atoms with Crippen LogP contribution in [0.4, 0.5) is 0 Å². The van der Waals surface area contributed by atoms with E-state index in [0.717, 1.165) is 0 Å². The maximum absolute atomic E-state index is 11.5. The van der Waals surface area contributed by atoms with Crippen LogP contribution in [0.2, 0.25) is 0 Å². The highest BCUT2D eigenvalue weighted by molar-refractivity contribution is 5.07. The van der Waals surface area contributed by atoms with Crippen molar-refractivity contribution in [3.05, 3.63) is 27.9 Å². The molecule has 0 aliphatic rings. The van der Waals surface area contributed by atoms with Gasteiger partial charge in [0.15, 0.2) is 0 Å². The van der Waals surface area contributed by atoms with Crippen molar-refractivity contribution < 1.29 is 4.74 Å². The number of rotatable bonds is 5. The van der Waals surface area contributed by atoms with Crippen molar-refractivity contribution in [3.8, 4) is 0 Å². The van der Waals surface area contributed by atoms with Crippen molar-refractivity contribution in [3.63, 3.8) is 0 Å². The predicted molar refractivity (Wildman–Crippen MR) is 62.3 cm³/mol. The van der Waals surface area contributed by atoms with E-state index >= 15 is 0 Å². The first-order chi connectivity index (χ1) is 7.49. The van der Waals surface area contributed by atoms with Crippen LogP contribution in [0.25, 0.3) is 0 Å². The summed E-state index contributed by atoms with van der Waals surface area (Å²) in [6.07, 6.45) is 0. The van der Waals surface area contributed by atoms with Crippen molar-refractivity contribution in [2.75, 3.05) is 13.7 Å². The summed E-state index contributed by atoms with van der Waals surface area (Å²) in [5, 5.41) is 2.97. The standard InChI is InChI=1S/C11H19N3O2/c1-5-16-11(2,3)10-13-8(7-12-4)6-9(15)14-10/h6,12H,5,7H2,1-4H3,(H,13,14,15). The quantitative estimate of drug-likeness (QED) is 0.776. The number of H-pyrrole nitrogens is 1. The van der Waals surface area contributed by atoms with Crippen LogP contribution in [0.1, 0.15) is 32.3 Å². The third-order valence-electron chi connectivity index (χ3n) is 2.23. The van der Waals surface area contributed by atoms with Gasteiger partial charge in [0, 0.05) is 19.2 Å².